The number of aromatic hydroxyl groups is 1. The summed E-state index contributed by atoms with van der Waals surface area (Å²) in [6.07, 6.45) is 1.07. The molecule has 2 heterocycles. The molecule has 0 bridgehead atoms. The summed E-state index contributed by atoms with van der Waals surface area (Å²) in [6.45, 7) is 1.80. The zero-order chi connectivity index (χ0) is 13.1. The van der Waals surface area contributed by atoms with Crippen LogP contribution in [0.4, 0.5) is 5.13 Å². The molecule has 0 aliphatic carbocycles. The van der Waals surface area contributed by atoms with Gasteiger partial charge in [0.1, 0.15) is 5.75 Å². The lowest BCUT2D eigenvalue weighted by atomic mass is 10.2. The molecule has 3 rings (SSSR count). The topological polar surface area (TPSA) is 69.5 Å². The van der Waals surface area contributed by atoms with E-state index in [0.717, 1.165) is 41.9 Å². The molecule has 1 aromatic heterocycles. The standard InChI is InChI=1S/C13H14N4OS/c18-10-4-2-9(3-5-10)11-8-19-13(16-11)17-12-14-6-1-7-15-12/h2-5,8,18H,1,6-7H2,(H2,14,15,16,17). The van der Waals surface area contributed by atoms with Gasteiger partial charge in [0.05, 0.1) is 5.69 Å². The van der Waals surface area contributed by atoms with Gasteiger partial charge in [0.2, 0.25) is 0 Å². The first-order valence-electron chi connectivity index (χ1n) is 6.11. The smallest absolute Gasteiger partial charge is 0.197 e. The predicted octanol–water partition coefficient (Wildman–Crippen LogP) is 2.28. The molecule has 0 radical (unpaired) electrons. The zero-order valence-electron chi connectivity index (χ0n) is 10.3. The normalized spacial score (nSPS) is 14.6. The van der Waals surface area contributed by atoms with Gasteiger partial charge in [0.25, 0.3) is 0 Å². The van der Waals surface area contributed by atoms with Crippen molar-refractivity contribution in [1.82, 2.24) is 10.3 Å². The first kappa shape index (κ1) is 12.0. The van der Waals surface area contributed by atoms with Crippen molar-refractivity contribution in [3.8, 4) is 17.0 Å². The molecule has 1 aliphatic rings. The Balaban J connectivity index is 1.75. The van der Waals surface area contributed by atoms with Gasteiger partial charge in [-0.3, -0.25) is 4.99 Å². The van der Waals surface area contributed by atoms with E-state index in [-0.39, 0.29) is 5.75 Å². The van der Waals surface area contributed by atoms with Gasteiger partial charge in [-0.25, -0.2) is 4.98 Å². The third-order valence-electron chi connectivity index (χ3n) is 2.79. The molecule has 3 N–H and O–H groups in total. The molecule has 0 amide bonds. The summed E-state index contributed by atoms with van der Waals surface area (Å²) in [5, 5.41) is 18.4. The highest BCUT2D eigenvalue weighted by Crippen LogP contribution is 2.26. The van der Waals surface area contributed by atoms with E-state index < -0.39 is 0 Å². The van der Waals surface area contributed by atoms with Crippen LogP contribution in [0.5, 0.6) is 5.75 Å². The van der Waals surface area contributed by atoms with Crippen molar-refractivity contribution in [1.29, 1.82) is 0 Å². The molecule has 6 heteroatoms. The van der Waals surface area contributed by atoms with Crippen LogP contribution in [-0.4, -0.2) is 29.1 Å². The second-order valence-electron chi connectivity index (χ2n) is 4.22. The number of benzene rings is 1. The summed E-state index contributed by atoms with van der Waals surface area (Å²) in [5.41, 5.74) is 1.88. The average Bonchev–Trinajstić information content (AvgIpc) is 2.89. The van der Waals surface area contributed by atoms with Crippen molar-refractivity contribution in [3.05, 3.63) is 29.6 Å². The molecule has 98 valence electrons. The summed E-state index contributed by atoms with van der Waals surface area (Å²) in [7, 11) is 0. The molecule has 0 fully saturated rings. The molecule has 1 aromatic carbocycles. The van der Waals surface area contributed by atoms with Gasteiger partial charge < -0.3 is 15.7 Å². The Kier molecular flexibility index (Phi) is 3.33. The van der Waals surface area contributed by atoms with Crippen LogP contribution in [0.15, 0.2) is 34.6 Å². The Bertz CT molecular complexity index is 591. The number of anilines is 1. The fourth-order valence-corrected chi connectivity index (χ4v) is 2.53. The summed E-state index contributed by atoms with van der Waals surface area (Å²) < 4.78 is 0. The number of phenolic OH excluding ortho intramolecular Hbond substituents is 1. The number of rotatable bonds is 2. The van der Waals surface area contributed by atoms with Crippen LogP contribution in [0.3, 0.4) is 0 Å². The minimum atomic E-state index is 0.262. The van der Waals surface area contributed by atoms with Crippen molar-refractivity contribution in [2.75, 3.05) is 18.4 Å². The highest BCUT2D eigenvalue weighted by Gasteiger charge is 2.08. The van der Waals surface area contributed by atoms with Crippen LogP contribution < -0.4 is 10.6 Å². The number of guanidine groups is 1. The molecule has 0 spiro atoms. The van der Waals surface area contributed by atoms with E-state index in [9.17, 15) is 5.11 Å². The van der Waals surface area contributed by atoms with Gasteiger partial charge in [0, 0.05) is 24.0 Å². The molecule has 19 heavy (non-hydrogen) atoms. The molecule has 5 nitrogen and oxygen atoms in total. The van der Waals surface area contributed by atoms with Crippen LogP contribution in [0, 0.1) is 0 Å². The molecule has 1 aliphatic heterocycles. The van der Waals surface area contributed by atoms with Gasteiger partial charge in [-0.15, -0.1) is 11.3 Å². The molecular weight excluding hydrogens is 260 g/mol. The quantitative estimate of drug-likeness (QED) is 0.786. The zero-order valence-corrected chi connectivity index (χ0v) is 11.1. The van der Waals surface area contributed by atoms with Crippen LogP contribution in [0.2, 0.25) is 0 Å². The van der Waals surface area contributed by atoms with Crippen molar-refractivity contribution < 1.29 is 5.11 Å². The maximum absolute atomic E-state index is 9.27. The van der Waals surface area contributed by atoms with Crippen molar-refractivity contribution >= 4 is 22.4 Å². The van der Waals surface area contributed by atoms with E-state index in [1.54, 1.807) is 12.1 Å². The SMILES string of the molecule is Oc1ccc(-c2csc(NC3=NCCCN3)n2)cc1. The number of aliphatic imine (C=N–C) groups is 1. The number of hydrogen-bond acceptors (Lipinski definition) is 6. The molecule has 0 saturated heterocycles. The molecule has 2 aromatic rings. The highest BCUT2D eigenvalue weighted by atomic mass is 32.1. The summed E-state index contributed by atoms with van der Waals surface area (Å²) in [4.78, 5) is 8.86. The number of aromatic nitrogens is 1. The molecule has 0 saturated carbocycles. The van der Waals surface area contributed by atoms with Crippen LogP contribution >= 0.6 is 11.3 Å². The molecule has 0 unspecified atom stereocenters. The van der Waals surface area contributed by atoms with Crippen LogP contribution in [-0.2, 0) is 0 Å². The highest BCUT2D eigenvalue weighted by molar-refractivity contribution is 7.14. The molecule has 0 atom stereocenters. The third-order valence-corrected chi connectivity index (χ3v) is 3.55. The lowest BCUT2D eigenvalue weighted by molar-refractivity contribution is 0.475. The monoisotopic (exact) mass is 274 g/mol. The summed E-state index contributed by atoms with van der Waals surface area (Å²) in [6, 6.07) is 7.03. The minimum Gasteiger partial charge on any atom is -0.508 e. The number of phenols is 1. The second-order valence-corrected chi connectivity index (χ2v) is 5.08. The Hall–Kier alpha value is -2.08. The van der Waals surface area contributed by atoms with E-state index >= 15 is 0 Å². The number of nitrogens with zero attached hydrogens (tertiary/aromatic N) is 2. The van der Waals surface area contributed by atoms with Gasteiger partial charge >= 0.3 is 0 Å². The Morgan fingerprint density at radius 1 is 1.26 bits per heavy atom. The van der Waals surface area contributed by atoms with E-state index in [0.29, 0.717) is 0 Å². The van der Waals surface area contributed by atoms with Crippen LogP contribution in [0.1, 0.15) is 6.42 Å². The average molecular weight is 274 g/mol. The van der Waals surface area contributed by atoms with E-state index in [1.165, 1.54) is 11.3 Å². The van der Waals surface area contributed by atoms with Crippen molar-refractivity contribution in [3.63, 3.8) is 0 Å². The predicted molar refractivity (Wildman–Crippen MR) is 77.8 cm³/mol. The summed E-state index contributed by atoms with van der Waals surface area (Å²) in [5.74, 6) is 1.05. The van der Waals surface area contributed by atoms with Gasteiger partial charge in [0.15, 0.2) is 11.1 Å². The van der Waals surface area contributed by atoms with Gasteiger partial charge in [-0.05, 0) is 30.7 Å². The number of hydrogen-bond donors (Lipinski definition) is 3. The summed E-state index contributed by atoms with van der Waals surface area (Å²) >= 11 is 1.54. The lowest BCUT2D eigenvalue weighted by Gasteiger charge is -2.14. The van der Waals surface area contributed by atoms with Gasteiger partial charge in [-0.2, -0.15) is 0 Å². The fourth-order valence-electron chi connectivity index (χ4n) is 1.81. The Morgan fingerprint density at radius 2 is 2.11 bits per heavy atom. The fraction of sp³-hybridized carbons (Fsp3) is 0.231. The van der Waals surface area contributed by atoms with Crippen molar-refractivity contribution in [2.45, 2.75) is 6.42 Å². The maximum atomic E-state index is 9.27. The van der Waals surface area contributed by atoms with E-state index in [2.05, 4.69) is 20.6 Å². The number of thiazole rings is 1. The molecular formula is C13H14N4OS. The van der Waals surface area contributed by atoms with Crippen molar-refractivity contribution in [2.24, 2.45) is 4.99 Å². The van der Waals surface area contributed by atoms with E-state index in [1.807, 2.05) is 17.5 Å². The Labute approximate surface area is 115 Å². The minimum absolute atomic E-state index is 0.262. The van der Waals surface area contributed by atoms with Gasteiger partial charge in [-0.1, -0.05) is 0 Å². The third kappa shape index (κ3) is 2.85. The van der Waals surface area contributed by atoms with Crippen LogP contribution in [0.25, 0.3) is 11.3 Å². The Morgan fingerprint density at radius 3 is 2.84 bits per heavy atom. The largest absolute Gasteiger partial charge is 0.508 e. The lowest BCUT2D eigenvalue weighted by Crippen LogP contribution is -2.35. The van der Waals surface area contributed by atoms with E-state index in [4.69, 9.17) is 0 Å². The maximum Gasteiger partial charge on any atom is 0.197 e. The first-order chi connectivity index (χ1) is 9.31. The second kappa shape index (κ2) is 5.27. The first-order valence-corrected chi connectivity index (χ1v) is 6.99. The number of nitrogens with one attached hydrogen (secondary N) is 2.